The lowest BCUT2D eigenvalue weighted by Gasteiger charge is -2.28. The van der Waals surface area contributed by atoms with Crippen LogP contribution in [0.5, 0.6) is 0 Å². The Labute approximate surface area is 124 Å². The minimum Gasteiger partial charge on any atom is -0.305 e. The van der Waals surface area contributed by atoms with Crippen LogP contribution >= 0.6 is 23.2 Å². The minimum absolute atomic E-state index is 0.232. The molecular formula is C15H19Cl2NO. The van der Waals surface area contributed by atoms with E-state index in [1.54, 1.807) is 6.07 Å². The van der Waals surface area contributed by atoms with E-state index in [9.17, 15) is 4.79 Å². The summed E-state index contributed by atoms with van der Waals surface area (Å²) in [4.78, 5) is 12.6. The largest absolute Gasteiger partial charge is 0.305 e. The molecule has 1 aliphatic rings. The maximum absolute atomic E-state index is 12.6. The van der Waals surface area contributed by atoms with Crippen molar-refractivity contribution in [1.29, 1.82) is 0 Å². The Kier molecular flexibility index (Phi) is 4.88. The third kappa shape index (κ3) is 3.13. The first-order valence-corrected chi connectivity index (χ1v) is 7.56. The molecule has 0 spiro atoms. The van der Waals surface area contributed by atoms with Crippen LogP contribution in [-0.4, -0.2) is 17.9 Å². The van der Waals surface area contributed by atoms with Gasteiger partial charge < -0.3 is 5.32 Å². The van der Waals surface area contributed by atoms with Gasteiger partial charge in [-0.2, -0.15) is 0 Å². The van der Waals surface area contributed by atoms with E-state index in [1.165, 1.54) is 0 Å². The molecule has 1 aromatic carbocycles. The average molecular weight is 300 g/mol. The van der Waals surface area contributed by atoms with Crippen molar-refractivity contribution >= 4 is 29.0 Å². The summed E-state index contributed by atoms with van der Waals surface area (Å²) >= 11 is 12.2. The third-order valence-corrected chi connectivity index (χ3v) is 4.69. The maximum atomic E-state index is 12.6. The van der Waals surface area contributed by atoms with Crippen molar-refractivity contribution in [2.24, 2.45) is 0 Å². The number of benzene rings is 1. The van der Waals surface area contributed by atoms with E-state index < -0.39 is 0 Å². The van der Waals surface area contributed by atoms with E-state index in [0.717, 1.165) is 37.8 Å². The number of carbonyl (C=O) groups excluding carboxylic acids is 1. The second kappa shape index (κ2) is 6.25. The number of halogens is 2. The van der Waals surface area contributed by atoms with E-state index in [-0.39, 0.29) is 11.3 Å². The number of hydrogen-bond acceptors (Lipinski definition) is 2. The molecule has 0 aromatic heterocycles. The lowest BCUT2D eigenvalue weighted by molar-refractivity contribution is -0.124. The van der Waals surface area contributed by atoms with Gasteiger partial charge in [-0.15, -0.1) is 0 Å². The summed E-state index contributed by atoms with van der Waals surface area (Å²) in [6.45, 7) is 3.04. The number of carbonyl (C=O) groups is 1. The van der Waals surface area contributed by atoms with E-state index in [0.29, 0.717) is 16.5 Å². The highest BCUT2D eigenvalue weighted by Gasteiger charge is 2.39. The molecule has 1 aliphatic heterocycles. The van der Waals surface area contributed by atoms with Crippen LogP contribution < -0.4 is 5.32 Å². The molecule has 4 heteroatoms. The highest BCUT2D eigenvalue weighted by molar-refractivity contribution is 6.42. The summed E-state index contributed by atoms with van der Waals surface area (Å²) in [6.07, 6.45) is 4.24. The quantitative estimate of drug-likeness (QED) is 0.889. The molecule has 1 heterocycles. The zero-order valence-corrected chi connectivity index (χ0v) is 12.7. The lowest BCUT2D eigenvalue weighted by Crippen LogP contribution is -2.48. The Hall–Kier alpha value is -0.570. The summed E-state index contributed by atoms with van der Waals surface area (Å²) in [5.74, 6) is 0.232. The lowest BCUT2D eigenvalue weighted by atomic mass is 9.84. The van der Waals surface area contributed by atoms with E-state index in [2.05, 4.69) is 12.2 Å². The Morgan fingerprint density at radius 1 is 1.42 bits per heavy atom. The van der Waals surface area contributed by atoms with Crippen LogP contribution in [-0.2, 0) is 11.2 Å². The molecule has 1 unspecified atom stereocenters. The number of Topliss-reactive ketones (excluding diaryl/α,β-unsaturated/α-hetero) is 1. The summed E-state index contributed by atoms with van der Waals surface area (Å²) in [7, 11) is 0. The molecule has 1 atom stereocenters. The van der Waals surface area contributed by atoms with Gasteiger partial charge in [-0.25, -0.2) is 0 Å². The van der Waals surface area contributed by atoms with Crippen molar-refractivity contribution in [2.45, 2.75) is 44.6 Å². The van der Waals surface area contributed by atoms with Gasteiger partial charge in [0.25, 0.3) is 0 Å². The molecule has 0 aliphatic carbocycles. The molecule has 0 radical (unpaired) electrons. The Balaban J connectivity index is 2.17. The highest BCUT2D eigenvalue weighted by atomic mass is 35.5. The molecule has 2 rings (SSSR count). The molecule has 0 bridgehead atoms. The fourth-order valence-corrected chi connectivity index (χ4v) is 3.24. The SMILES string of the molecule is CCCC1(C(=O)Cc2cccc(Cl)c2Cl)CCCN1. The average Bonchev–Trinajstić information content (AvgIpc) is 2.85. The topological polar surface area (TPSA) is 29.1 Å². The monoisotopic (exact) mass is 299 g/mol. The van der Waals surface area contributed by atoms with E-state index in [1.807, 2.05) is 12.1 Å². The van der Waals surface area contributed by atoms with Gasteiger partial charge in [-0.05, 0) is 37.4 Å². The van der Waals surface area contributed by atoms with Crippen molar-refractivity contribution < 1.29 is 4.79 Å². The Morgan fingerprint density at radius 3 is 2.84 bits per heavy atom. The van der Waals surface area contributed by atoms with Gasteiger partial charge in [-0.1, -0.05) is 48.7 Å². The highest BCUT2D eigenvalue weighted by Crippen LogP contribution is 2.30. The molecule has 19 heavy (non-hydrogen) atoms. The van der Waals surface area contributed by atoms with Crippen LogP contribution in [0.3, 0.4) is 0 Å². The van der Waals surface area contributed by atoms with Gasteiger partial charge in [0, 0.05) is 6.42 Å². The van der Waals surface area contributed by atoms with Crippen molar-refractivity contribution in [3.8, 4) is 0 Å². The molecule has 104 valence electrons. The normalized spacial score (nSPS) is 22.7. The molecule has 0 saturated carbocycles. The van der Waals surface area contributed by atoms with Crippen molar-refractivity contribution in [2.75, 3.05) is 6.54 Å². The fourth-order valence-electron chi connectivity index (χ4n) is 2.85. The first kappa shape index (κ1) is 14.8. The predicted octanol–water partition coefficient (Wildman–Crippen LogP) is 4.03. The van der Waals surface area contributed by atoms with E-state index >= 15 is 0 Å². The number of nitrogens with one attached hydrogen (secondary N) is 1. The summed E-state index contributed by atoms with van der Waals surface area (Å²) in [5, 5.41) is 4.41. The summed E-state index contributed by atoms with van der Waals surface area (Å²) in [6, 6.07) is 5.46. The summed E-state index contributed by atoms with van der Waals surface area (Å²) < 4.78 is 0. The zero-order valence-electron chi connectivity index (χ0n) is 11.1. The first-order chi connectivity index (χ1) is 9.09. The fraction of sp³-hybridized carbons (Fsp3) is 0.533. The van der Waals surface area contributed by atoms with Crippen molar-refractivity contribution in [1.82, 2.24) is 5.32 Å². The molecule has 1 aromatic rings. The van der Waals surface area contributed by atoms with Gasteiger partial charge in [0.2, 0.25) is 0 Å². The number of rotatable bonds is 5. The van der Waals surface area contributed by atoms with Crippen LogP contribution in [0.1, 0.15) is 38.2 Å². The standard InChI is InChI=1S/C15H19Cl2NO/c1-2-7-15(8-4-9-18-15)13(19)10-11-5-3-6-12(16)14(11)17/h3,5-6,18H,2,4,7-10H2,1H3. The molecular weight excluding hydrogens is 281 g/mol. The van der Waals surface area contributed by atoms with Crippen LogP contribution in [0, 0.1) is 0 Å². The molecule has 0 amide bonds. The van der Waals surface area contributed by atoms with Crippen LogP contribution in [0.4, 0.5) is 0 Å². The Bertz CT molecular complexity index is 467. The Morgan fingerprint density at radius 2 is 2.21 bits per heavy atom. The summed E-state index contributed by atoms with van der Waals surface area (Å²) in [5.41, 5.74) is 0.476. The molecule has 1 N–H and O–H groups in total. The van der Waals surface area contributed by atoms with Gasteiger partial charge >= 0.3 is 0 Å². The number of hydrogen-bond donors (Lipinski definition) is 1. The first-order valence-electron chi connectivity index (χ1n) is 6.80. The molecule has 1 fully saturated rings. The van der Waals surface area contributed by atoms with Crippen LogP contribution in [0.25, 0.3) is 0 Å². The zero-order chi connectivity index (χ0) is 13.9. The second-order valence-corrected chi connectivity index (χ2v) is 5.96. The smallest absolute Gasteiger partial charge is 0.157 e. The molecule has 2 nitrogen and oxygen atoms in total. The van der Waals surface area contributed by atoms with Gasteiger partial charge in [-0.3, -0.25) is 4.79 Å². The van der Waals surface area contributed by atoms with E-state index in [4.69, 9.17) is 23.2 Å². The van der Waals surface area contributed by atoms with Crippen LogP contribution in [0.15, 0.2) is 18.2 Å². The van der Waals surface area contributed by atoms with Gasteiger partial charge in [0.1, 0.15) is 0 Å². The van der Waals surface area contributed by atoms with Crippen LogP contribution in [0.2, 0.25) is 10.0 Å². The maximum Gasteiger partial charge on any atom is 0.157 e. The second-order valence-electron chi connectivity index (χ2n) is 5.18. The van der Waals surface area contributed by atoms with Gasteiger partial charge in [0.15, 0.2) is 5.78 Å². The molecule has 1 saturated heterocycles. The third-order valence-electron chi connectivity index (χ3n) is 3.84. The predicted molar refractivity (Wildman–Crippen MR) is 80.0 cm³/mol. The van der Waals surface area contributed by atoms with Crippen molar-refractivity contribution in [3.63, 3.8) is 0 Å². The van der Waals surface area contributed by atoms with Gasteiger partial charge in [0.05, 0.1) is 15.6 Å². The number of ketones is 1. The van der Waals surface area contributed by atoms with Crippen molar-refractivity contribution in [3.05, 3.63) is 33.8 Å². The minimum atomic E-state index is -0.347.